The zero-order valence-electron chi connectivity index (χ0n) is 15.5. The number of aryl methyl sites for hydroxylation is 1. The Kier molecular flexibility index (Phi) is 6.18. The Labute approximate surface area is 170 Å². The SMILES string of the molecule is CCOC(=O)c1sc2nc(NC(=O)c3ccc(SC(C)C)cc3)sc2c1C. The molecule has 0 aliphatic heterocycles. The second-order valence-corrected chi connectivity index (χ2v) is 9.72. The van der Waals surface area contributed by atoms with Gasteiger partial charge in [0.2, 0.25) is 0 Å². The van der Waals surface area contributed by atoms with Gasteiger partial charge in [0, 0.05) is 15.7 Å². The van der Waals surface area contributed by atoms with Gasteiger partial charge < -0.3 is 4.74 Å². The number of thiophene rings is 1. The molecule has 3 aromatic rings. The zero-order valence-corrected chi connectivity index (χ0v) is 17.9. The van der Waals surface area contributed by atoms with Crippen LogP contribution in [0.5, 0.6) is 0 Å². The minimum Gasteiger partial charge on any atom is -0.462 e. The number of thiazole rings is 1. The van der Waals surface area contributed by atoms with Gasteiger partial charge in [0.1, 0.15) is 9.71 Å². The molecule has 1 amide bonds. The number of hydrogen-bond acceptors (Lipinski definition) is 7. The molecule has 142 valence electrons. The number of aromatic nitrogens is 1. The fourth-order valence-electron chi connectivity index (χ4n) is 2.46. The number of benzene rings is 1. The van der Waals surface area contributed by atoms with Crippen molar-refractivity contribution in [2.75, 3.05) is 11.9 Å². The van der Waals surface area contributed by atoms with Crippen LogP contribution in [-0.2, 0) is 4.74 Å². The number of hydrogen-bond donors (Lipinski definition) is 1. The first-order valence-electron chi connectivity index (χ1n) is 8.54. The molecule has 0 aliphatic carbocycles. The lowest BCUT2D eigenvalue weighted by Crippen LogP contribution is -2.11. The molecule has 0 aliphatic rings. The normalized spacial score (nSPS) is 11.1. The summed E-state index contributed by atoms with van der Waals surface area (Å²) in [5, 5.41) is 3.87. The summed E-state index contributed by atoms with van der Waals surface area (Å²) in [6.07, 6.45) is 0. The van der Waals surface area contributed by atoms with E-state index in [1.807, 2.05) is 31.2 Å². The van der Waals surface area contributed by atoms with Gasteiger partial charge in [0.15, 0.2) is 5.13 Å². The fraction of sp³-hybridized carbons (Fsp3) is 0.316. The van der Waals surface area contributed by atoms with Gasteiger partial charge in [0.05, 0.1) is 11.3 Å². The Morgan fingerprint density at radius 3 is 2.52 bits per heavy atom. The number of rotatable bonds is 6. The minimum absolute atomic E-state index is 0.194. The van der Waals surface area contributed by atoms with Crippen LogP contribution in [0.4, 0.5) is 5.13 Å². The van der Waals surface area contributed by atoms with Crippen LogP contribution in [0, 0.1) is 6.92 Å². The quantitative estimate of drug-likeness (QED) is 0.415. The van der Waals surface area contributed by atoms with E-state index in [4.69, 9.17) is 4.74 Å². The van der Waals surface area contributed by atoms with Crippen LogP contribution in [0.15, 0.2) is 29.2 Å². The molecule has 0 saturated heterocycles. The zero-order chi connectivity index (χ0) is 19.6. The van der Waals surface area contributed by atoms with E-state index in [1.165, 1.54) is 22.7 Å². The molecule has 2 aromatic heterocycles. The molecule has 1 N–H and O–H groups in total. The maximum absolute atomic E-state index is 12.5. The minimum atomic E-state index is -0.324. The first-order valence-corrected chi connectivity index (χ1v) is 11.1. The van der Waals surface area contributed by atoms with Gasteiger partial charge >= 0.3 is 5.97 Å². The Balaban J connectivity index is 1.74. The van der Waals surface area contributed by atoms with Gasteiger partial charge in [-0.15, -0.1) is 23.1 Å². The third kappa shape index (κ3) is 4.51. The maximum atomic E-state index is 12.5. The van der Waals surface area contributed by atoms with Crippen LogP contribution in [0.1, 0.15) is 46.4 Å². The Bertz CT molecular complexity index is 974. The van der Waals surface area contributed by atoms with Crippen molar-refractivity contribution in [1.82, 2.24) is 4.98 Å². The van der Waals surface area contributed by atoms with E-state index in [0.717, 1.165) is 20.0 Å². The second kappa shape index (κ2) is 8.41. The summed E-state index contributed by atoms with van der Waals surface area (Å²) in [6, 6.07) is 7.55. The molecule has 0 atom stereocenters. The smallest absolute Gasteiger partial charge is 0.348 e. The predicted octanol–water partition coefficient (Wildman–Crippen LogP) is 5.60. The third-order valence-corrected chi connectivity index (χ3v) is 7.05. The molecule has 8 heteroatoms. The first kappa shape index (κ1) is 19.9. The molecule has 5 nitrogen and oxygen atoms in total. The van der Waals surface area contributed by atoms with Crippen LogP contribution < -0.4 is 5.32 Å². The highest BCUT2D eigenvalue weighted by molar-refractivity contribution is 7.99. The van der Waals surface area contributed by atoms with E-state index in [-0.39, 0.29) is 11.9 Å². The van der Waals surface area contributed by atoms with Crippen molar-refractivity contribution < 1.29 is 14.3 Å². The number of fused-ring (bicyclic) bond motifs is 1. The van der Waals surface area contributed by atoms with E-state index in [1.54, 1.807) is 18.7 Å². The number of nitrogens with one attached hydrogen (secondary N) is 1. The summed E-state index contributed by atoms with van der Waals surface area (Å²) < 4.78 is 5.98. The van der Waals surface area contributed by atoms with Crippen LogP contribution in [0.2, 0.25) is 0 Å². The topological polar surface area (TPSA) is 68.3 Å². The van der Waals surface area contributed by atoms with E-state index in [9.17, 15) is 9.59 Å². The second-order valence-electron chi connectivity index (χ2n) is 6.08. The molecule has 0 radical (unpaired) electrons. The summed E-state index contributed by atoms with van der Waals surface area (Å²) in [6.45, 7) is 8.26. The summed E-state index contributed by atoms with van der Waals surface area (Å²) in [7, 11) is 0. The lowest BCUT2D eigenvalue weighted by Gasteiger charge is -2.06. The molecule has 1 aromatic carbocycles. The molecule has 0 unspecified atom stereocenters. The summed E-state index contributed by atoms with van der Waals surface area (Å²) in [4.78, 5) is 31.3. The van der Waals surface area contributed by atoms with Crippen LogP contribution in [0.3, 0.4) is 0 Å². The molecule has 0 saturated carbocycles. The van der Waals surface area contributed by atoms with E-state index in [0.29, 0.717) is 27.4 Å². The summed E-state index contributed by atoms with van der Waals surface area (Å²) in [5.41, 5.74) is 1.44. The predicted molar refractivity (Wildman–Crippen MR) is 114 cm³/mol. The molecule has 27 heavy (non-hydrogen) atoms. The molecule has 0 fully saturated rings. The largest absolute Gasteiger partial charge is 0.462 e. The standard InChI is InChI=1S/C19H20N2O3S3/c1-5-24-18(23)15-11(4)14-17(26-15)21-19(27-14)20-16(22)12-6-8-13(9-7-12)25-10(2)3/h6-10H,5H2,1-4H3,(H,20,21,22). The van der Waals surface area contributed by atoms with Crippen molar-refractivity contribution in [3.05, 3.63) is 40.3 Å². The van der Waals surface area contributed by atoms with Crippen LogP contribution >= 0.6 is 34.4 Å². The Morgan fingerprint density at radius 2 is 1.93 bits per heavy atom. The molecule has 0 spiro atoms. The van der Waals surface area contributed by atoms with Crippen molar-refractivity contribution in [3.8, 4) is 0 Å². The summed E-state index contributed by atoms with van der Waals surface area (Å²) >= 11 is 4.42. The highest BCUT2D eigenvalue weighted by Gasteiger charge is 2.20. The van der Waals surface area contributed by atoms with Crippen molar-refractivity contribution in [2.24, 2.45) is 0 Å². The average Bonchev–Trinajstić information content (AvgIpc) is 3.14. The van der Waals surface area contributed by atoms with Crippen molar-refractivity contribution in [2.45, 2.75) is 37.8 Å². The van der Waals surface area contributed by atoms with Crippen LogP contribution in [-0.4, -0.2) is 28.7 Å². The molecular formula is C19H20N2O3S3. The Hall–Kier alpha value is -1.90. The number of carbonyl (C=O) groups excluding carboxylic acids is 2. The molecule has 3 rings (SSSR count). The molecular weight excluding hydrogens is 400 g/mol. The number of esters is 1. The number of carbonyl (C=O) groups is 2. The van der Waals surface area contributed by atoms with Crippen molar-refractivity contribution >= 4 is 61.0 Å². The van der Waals surface area contributed by atoms with Gasteiger partial charge in [-0.3, -0.25) is 10.1 Å². The number of ether oxygens (including phenoxy) is 1. The van der Waals surface area contributed by atoms with Crippen molar-refractivity contribution in [1.29, 1.82) is 0 Å². The van der Waals surface area contributed by atoms with Gasteiger partial charge in [-0.25, -0.2) is 9.78 Å². The van der Waals surface area contributed by atoms with E-state index < -0.39 is 0 Å². The highest BCUT2D eigenvalue weighted by atomic mass is 32.2. The van der Waals surface area contributed by atoms with E-state index >= 15 is 0 Å². The number of anilines is 1. The maximum Gasteiger partial charge on any atom is 0.348 e. The number of amides is 1. The molecule has 0 bridgehead atoms. The van der Waals surface area contributed by atoms with Gasteiger partial charge in [-0.2, -0.15) is 0 Å². The average molecular weight is 421 g/mol. The third-order valence-electron chi connectivity index (χ3n) is 3.65. The molecule has 2 heterocycles. The van der Waals surface area contributed by atoms with Gasteiger partial charge in [-0.1, -0.05) is 25.2 Å². The lowest BCUT2D eigenvalue weighted by molar-refractivity contribution is 0.0531. The Morgan fingerprint density at radius 1 is 1.22 bits per heavy atom. The number of nitrogens with zero attached hydrogens (tertiary/aromatic N) is 1. The lowest BCUT2D eigenvalue weighted by atomic mass is 10.2. The fourth-order valence-corrected chi connectivity index (χ4v) is 5.51. The monoisotopic (exact) mass is 420 g/mol. The van der Waals surface area contributed by atoms with Gasteiger partial charge in [-0.05, 0) is 43.7 Å². The highest BCUT2D eigenvalue weighted by Crippen LogP contribution is 2.37. The number of thioether (sulfide) groups is 1. The van der Waals surface area contributed by atoms with E-state index in [2.05, 4.69) is 24.1 Å². The first-order chi connectivity index (χ1) is 12.9. The van der Waals surface area contributed by atoms with Gasteiger partial charge in [0.25, 0.3) is 5.91 Å². The van der Waals surface area contributed by atoms with Crippen molar-refractivity contribution in [3.63, 3.8) is 0 Å². The van der Waals surface area contributed by atoms with Crippen LogP contribution in [0.25, 0.3) is 9.53 Å². The summed E-state index contributed by atoms with van der Waals surface area (Å²) in [5.74, 6) is -0.518.